The SMILES string of the molecule is CC/C=C(\C)C(=O)N1CCC[C@H]([C@@H](C)N)C1. The molecule has 0 aliphatic carbocycles. The molecule has 0 saturated carbocycles. The van der Waals surface area contributed by atoms with Crippen LogP contribution in [0.3, 0.4) is 0 Å². The van der Waals surface area contributed by atoms with Crippen LogP contribution in [0, 0.1) is 5.92 Å². The number of allylic oxidation sites excluding steroid dienone is 1. The Kier molecular flexibility index (Phi) is 5.00. The van der Waals surface area contributed by atoms with E-state index in [2.05, 4.69) is 6.92 Å². The fourth-order valence-electron chi connectivity index (χ4n) is 2.27. The largest absolute Gasteiger partial charge is 0.339 e. The monoisotopic (exact) mass is 224 g/mol. The number of piperidine rings is 1. The molecule has 1 rings (SSSR count). The second kappa shape index (κ2) is 6.04. The first-order valence-corrected chi connectivity index (χ1v) is 6.27. The molecular formula is C13H24N2O. The number of hydrogen-bond donors (Lipinski definition) is 1. The van der Waals surface area contributed by atoms with Gasteiger partial charge in [0.1, 0.15) is 0 Å². The average molecular weight is 224 g/mol. The minimum atomic E-state index is 0.186. The smallest absolute Gasteiger partial charge is 0.249 e. The number of hydrogen-bond acceptors (Lipinski definition) is 2. The van der Waals surface area contributed by atoms with Crippen molar-refractivity contribution in [1.82, 2.24) is 4.90 Å². The topological polar surface area (TPSA) is 46.3 Å². The molecule has 2 N–H and O–H groups in total. The van der Waals surface area contributed by atoms with Gasteiger partial charge in [-0.1, -0.05) is 13.0 Å². The lowest BCUT2D eigenvalue weighted by molar-refractivity contribution is -0.129. The minimum Gasteiger partial charge on any atom is -0.339 e. The Morgan fingerprint density at radius 3 is 2.88 bits per heavy atom. The summed E-state index contributed by atoms with van der Waals surface area (Å²) in [5.74, 6) is 0.652. The third-order valence-electron chi connectivity index (χ3n) is 3.34. The Labute approximate surface area is 98.7 Å². The molecule has 1 fully saturated rings. The van der Waals surface area contributed by atoms with Crippen LogP contribution < -0.4 is 5.73 Å². The number of nitrogens with zero attached hydrogens (tertiary/aromatic N) is 1. The van der Waals surface area contributed by atoms with Crippen molar-refractivity contribution in [3.05, 3.63) is 11.6 Å². The van der Waals surface area contributed by atoms with Gasteiger partial charge in [0.15, 0.2) is 0 Å². The van der Waals surface area contributed by atoms with Gasteiger partial charge in [-0.3, -0.25) is 4.79 Å². The lowest BCUT2D eigenvalue weighted by atomic mass is 9.92. The molecule has 3 nitrogen and oxygen atoms in total. The van der Waals surface area contributed by atoms with Gasteiger partial charge in [-0.15, -0.1) is 0 Å². The summed E-state index contributed by atoms with van der Waals surface area (Å²) in [7, 11) is 0. The summed E-state index contributed by atoms with van der Waals surface area (Å²) in [6.07, 6.45) is 5.15. The number of amides is 1. The van der Waals surface area contributed by atoms with Gasteiger partial charge >= 0.3 is 0 Å². The van der Waals surface area contributed by atoms with Crippen LogP contribution in [-0.2, 0) is 4.79 Å². The van der Waals surface area contributed by atoms with Crippen LogP contribution in [0.5, 0.6) is 0 Å². The van der Waals surface area contributed by atoms with Crippen molar-refractivity contribution in [2.24, 2.45) is 11.7 Å². The number of likely N-dealkylation sites (tertiary alicyclic amines) is 1. The normalized spacial score (nSPS) is 24.4. The van der Waals surface area contributed by atoms with Crippen molar-refractivity contribution in [2.45, 2.75) is 46.1 Å². The van der Waals surface area contributed by atoms with E-state index in [4.69, 9.17) is 5.73 Å². The molecule has 1 heterocycles. The van der Waals surface area contributed by atoms with E-state index in [-0.39, 0.29) is 11.9 Å². The van der Waals surface area contributed by atoms with Gasteiger partial charge < -0.3 is 10.6 Å². The molecule has 0 spiro atoms. The lowest BCUT2D eigenvalue weighted by Gasteiger charge is -2.34. The molecule has 0 unspecified atom stereocenters. The molecule has 1 aliphatic rings. The lowest BCUT2D eigenvalue weighted by Crippen LogP contribution is -2.45. The first-order chi connectivity index (χ1) is 7.56. The molecule has 0 aromatic heterocycles. The van der Waals surface area contributed by atoms with Crippen molar-refractivity contribution < 1.29 is 4.79 Å². The van der Waals surface area contributed by atoms with Crippen molar-refractivity contribution in [3.8, 4) is 0 Å². The van der Waals surface area contributed by atoms with Crippen LogP contribution in [0.15, 0.2) is 11.6 Å². The average Bonchev–Trinajstić information content (AvgIpc) is 2.28. The summed E-state index contributed by atoms with van der Waals surface area (Å²) < 4.78 is 0. The molecule has 0 bridgehead atoms. The van der Waals surface area contributed by atoms with E-state index < -0.39 is 0 Å². The van der Waals surface area contributed by atoms with Gasteiger partial charge in [0, 0.05) is 24.7 Å². The summed E-state index contributed by atoms with van der Waals surface area (Å²) in [5, 5.41) is 0. The molecule has 3 heteroatoms. The summed E-state index contributed by atoms with van der Waals surface area (Å²) >= 11 is 0. The minimum absolute atomic E-state index is 0.186. The highest BCUT2D eigenvalue weighted by molar-refractivity contribution is 5.92. The van der Waals surface area contributed by atoms with Crippen LogP contribution in [0.2, 0.25) is 0 Å². The second-order valence-electron chi connectivity index (χ2n) is 4.81. The molecule has 1 aliphatic heterocycles. The van der Waals surface area contributed by atoms with E-state index >= 15 is 0 Å². The van der Waals surface area contributed by atoms with Crippen LogP contribution in [0.1, 0.15) is 40.0 Å². The molecule has 1 saturated heterocycles. The van der Waals surface area contributed by atoms with Crippen molar-refractivity contribution in [1.29, 1.82) is 0 Å². The van der Waals surface area contributed by atoms with E-state index in [1.165, 1.54) is 0 Å². The standard InChI is InChI=1S/C13H24N2O/c1-4-6-10(2)13(16)15-8-5-7-12(9-15)11(3)14/h6,11-12H,4-5,7-9,14H2,1-3H3/b10-6+/t11-,12+/m1/s1. The highest BCUT2D eigenvalue weighted by atomic mass is 16.2. The fourth-order valence-corrected chi connectivity index (χ4v) is 2.27. The Hall–Kier alpha value is -0.830. The molecule has 1 amide bonds. The molecular weight excluding hydrogens is 200 g/mol. The fraction of sp³-hybridized carbons (Fsp3) is 0.769. The summed E-state index contributed by atoms with van der Waals surface area (Å²) in [6.45, 7) is 7.70. The summed E-state index contributed by atoms with van der Waals surface area (Å²) in [5.41, 5.74) is 6.78. The maximum atomic E-state index is 12.1. The first kappa shape index (κ1) is 13.2. The zero-order valence-electron chi connectivity index (χ0n) is 10.7. The van der Waals surface area contributed by atoms with Gasteiger partial charge in [-0.25, -0.2) is 0 Å². The summed E-state index contributed by atoms with van der Waals surface area (Å²) in [6, 6.07) is 0.186. The number of carbonyl (C=O) groups excluding carboxylic acids is 1. The molecule has 2 atom stereocenters. The Morgan fingerprint density at radius 1 is 1.62 bits per heavy atom. The Balaban J connectivity index is 2.60. The van der Waals surface area contributed by atoms with Crippen LogP contribution in [0.25, 0.3) is 0 Å². The van der Waals surface area contributed by atoms with Crippen molar-refractivity contribution >= 4 is 5.91 Å². The van der Waals surface area contributed by atoms with Gasteiger partial charge in [-0.05, 0) is 39.0 Å². The van der Waals surface area contributed by atoms with Crippen molar-refractivity contribution in [3.63, 3.8) is 0 Å². The highest BCUT2D eigenvalue weighted by Crippen LogP contribution is 2.20. The third kappa shape index (κ3) is 3.34. The Bertz CT molecular complexity index is 271. The van der Waals surface area contributed by atoms with E-state index in [1.807, 2.05) is 24.8 Å². The number of carbonyl (C=O) groups is 1. The first-order valence-electron chi connectivity index (χ1n) is 6.27. The van der Waals surface area contributed by atoms with Crippen molar-refractivity contribution in [2.75, 3.05) is 13.1 Å². The predicted molar refractivity (Wildman–Crippen MR) is 67.0 cm³/mol. The molecule has 0 aromatic rings. The predicted octanol–water partition coefficient (Wildman–Crippen LogP) is 1.93. The van der Waals surface area contributed by atoms with E-state index in [0.717, 1.165) is 37.9 Å². The van der Waals surface area contributed by atoms with Gasteiger partial charge in [0.25, 0.3) is 0 Å². The summed E-state index contributed by atoms with van der Waals surface area (Å²) in [4.78, 5) is 14.0. The maximum Gasteiger partial charge on any atom is 0.249 e. The molecule has 0 aromatic carbocycles. The van der Waals surface area contributed by atoms with Crippen LogP contribution in [-0.4, -0.2) is 29.9 Å². The Morgan fingerprint density at radius 2 is 2.31 bits per heavy atom. The van der Waals surface area contributed by atoms with Gasteiger partial charge in [-0.2, -0.15) is 0 Å². The zero-order chi connectivity index (χ0) is 12.1. The van der Waals surface area contributed by atoms with E-state index in [9.17, 15) is 4.79 Å². The van der Waals surface area contributed by atoms with Gasteiger partial charge in [0.05, 0.1) is 0 Å². The van der Waals surface area contributed by atoms with Gasteiger partial charge in [0.2, 0.25) is 5.91 Å². The van der Waals surface area contributed by atoms with E-state index in [0.29, 0.717) is 5.92 Å². The third-order valence-corrected chi connectivity index (χ3v) is 3.34. The molecule has 0 radical (unpaired) electrons. The number of rotatable bonds is 3. The second-order valence-corrected chi connectivity index (χ2v) is 4.81. The number of nitrogens with two attached hydrogens (primary N) is 1. The zero-order valence-corrected chi connectivity index (χ0v) is 10.7. The van der Waals surface area contributed by atoms with Crippen LogP contribution >= 0.6 is 0 Å². The quantitative estimate of drug-likeness (QED) is 0.745. The molecule has 16 heavy (non-hydrogen) atoms. The highest BCUT2D eigenvalue weighted by Gasteiger charge is 2.25. The molecule has 92 valence electrons. The maximum absolute atomic E-state index is 12.1. The van der Waals surface area contributed by atoms with E-state index in [1.54, 1.807) is 0 Å². The van der Waals surface area contributed by atoms with Crippen LogP contribution in [0.4, 0.5) is 0 Å².